The highest BCUT2D eigenvalue weighted by molar-refractivity contribution is 7.17. The van der Waals surface area contributed by atoms with Crippen molar-refractivity contribution in [2.45, 2.75) is 89.7 Å². The number of nitrogens with one attached hydrogen (secondary N) is 2. The van der Waals surface area contributed by atoms with Gasteiger partial charge >= 0.3 is 6.18 Å². The predicted octanol–water partition coefficient (Wildman–Crippen LogP) is 5.19. The molecule has 14 heteroatoms. The van der Waals surface area contributed by atoms with Gasteiger partial charge < -0.3 is 20.6 Å². The minimum Gasteiger partial charge on any atom is -0.388 e. The van der Waals surface area contributed by atoms with E-state index < -0.39 is 71.4 Å². The van der Waals surface area contributed by atoms with E-state index in [0.29, 0.717) is 17.3 Å². The predicted molar refractivity (Wildman–Crippen MR) is 139 cm³/mol. The molecule has 2 fully saturated rings. The molecule has 0 unspecified atom stereocenters. The first kappa shape index (κ1) is 30.1. The highest BCUT2D eigenvalue weighted by Gasteiger charge is 2.47. The zero-order valence-electron chi connectivity index (χ0n) is 22.7. The third-order valence-corrected chi connectivity index (χ3v) is 8.47. The van der Waals surface area contributed by atoms with Crippen LogP contribution in [-0.4, -0.2) is 68.0 Å². The van der Waals surface area contributed by atoms with Crippen molar-refractivity contribution in [1.29, 1.82) is 0 Å². The Balaban J connectivity index is 1.79. The van der Waals surface area contributed by atoms with Gasteiger partial charge in [0, 0.05) is 30.3 Å². The molecule has 3 N–H and O–H groups in total. The smallest absolute Gasteiger partial charge is 0.388 e. The third kappa shape index (κ3) is 6.54. The molecule has 40 heavy (non-hydrogen) atoms. The van der Waals surface area contributed by atoms with Crippen molar-refractivity contribution >= 4 is 29.0 Å². The number of alkyl halides is 5. The number of nitrogens with zero attached hydrogens (tertiary/aromatic N) is 3. The Morgan fingerprint density at radius 2 is 1.88 bits per heavy atom. The average Bonchev–Trinajstić information content (AvgIpc) is 3.52. The van der Waals surface area contributed by atoms with E-state index in [9.17, 15) is 36.6 Å². The average molecular weight is 590 g/mol. The number of hydrogen-bond acceptors (Lipinski definition) is 7. The quantitative estimate of drug-likeness (QED) is 0.366. The molecule has 4 rings (SSSR count). The standard InChI is InChI=1S/C26H32F5N5O3S/c1-12-9-25(27,28)11-36(12)23(38)19-20(40-22(35-19)21(37)34-14(3)24(4,5)39)16-10-32-18(8-17(16)26(29,30)31)33-13(2)15-6-7-15/h8,10,12-15,39H,6-7,9,11H2,1-5H3,(H,32,33)(H,34,37)/t12-,13-,14+/m0/s1. The van der Waals surface area contributed by atoms with E-state index in [0.717, 1.165) is 30.0 Å². The number of amides is 2. The summed E-state index contributed by atoms with van der Waals surface area (Å²) < 4.78 is 71.1. The lowest BCUT2D eigenvalue weighted by atomic mass is 10.0. The van der Waals surface area contributed by atoms with Gasteiger partial charge in [-0.25, -0.2) is 18.7 Å². The van der Waals surface area contributed by atoms with Crippen LogP contribution in [0, 0.1) is 5.92 Å². The number of carbonyl (C=O) groups is 2. The van der Waals surface area contributed by atoms with Crippen LogP contribution in [0.25, 0.3) is 10.4 Å². The van der Waals surface area contributed by atoms with Crippen LogP contribution in [0.2, 0.25) is 0 Å². The molecule has 8 nitrogen and oxygen atoms in total. The maximum Gasteiger partial charge on any atom is 0.417 e. The molecule has 3 heterocycles. The molecule has 1 aliphatic heterocycles. The lowest BCUT2D eigenvalue weighted by Gasteiger charge is -2.26. The molecule has 1 saturated carbocycles. The second-order valence-electron chi connectivity index (χ2n) is 11.3. The molecular weight excluding hydrogens is 557 g/mol. The van der Waals surface area contributed by atoms with E-state index in [2.05, 4.69) is 20.6 Å². The molecule has 2 amide bonds. The lowest BCUT2D eigenvalue weighted by Crippen LogP contribution is -2.47. The fourth-order valence-electron chi connectivity index (χ4n) is 4.50. The number of hydrogen-bond donors (Lipinski definition) is 3. The monoisotopic (exact) mass is 589 g/mol. The number of anilines is 1. The van der Waals surface area contributed by atoms with Crippen LogP contribution in [0.3, 0.4) is 0 Å². The molecule has 0 radical (unpaired) electrons. The minimum atomic E-state index is -4.87. The van der Waals surface area contributed by atoms with Crippen molar-refractivity contribution in [2.75, 3.05) is 11.9 Å². The number of carbonyl (C=O) groups excluding carboxylic acids is 2. The van der Waals surface area contributed by atoms with Gasteiger partial charge in [0.05, 0.1) is 28.6 Å². The van der Waals surface area contributed by atoms with Crippen LogP contribution in [0.5, 0.6) is 0 Å². The number of rotatable bonds is 8. The van der Waals surface area contributed by atoms with Gasteiger partial charge in [0.1, 0.15) is 11.5 Å². The number of aromatic nitrogens is 2. The van der Waals surface area contributed by atoms with Crippen LogP contribution < -0.4 is 10.6 Å². The van der Waals surface area contributed by atoms with Crippen molar-refractivity contribution in [3.05, 3.63) is 28.5 Å². The molecule has 0 aromatic carbocycles. The van der Waals surface area contributed by atoms with E-state index in [1.807, 2.05) is 6.92 Å². The number of likely N-dealkylation sites (tertiary alicyclic amines) is 1. The molecule has 0 spiro atoms. The molecule has 3 atom stereocenters. The Bertz CT molecular complexity index is 1290. The van der Waals surface area contributed by atoms with Crippen LogP contribution in [0.1, 0.15) is 79.7 Å². The summed E-state index contributed by atoms with van der Waals surface area (Å²) in [5, 5.41) is 15.3. The molecule has 1 saturated heterocycles. The third-order valence-electron chi connectivity index (χ3n) is 7.38. The van der Waals surface area contributed by atoms with Crippen LogP contribution in [0.15, 0.2) is 12.3 Å². The highest BCUT2D eigenvalue weighted by atomic mass is 32.1. The Kier molecular flexibility index (Phi) is 7.91. The van der Waals surface area contributed by atoms with E-state index in [1.54, 1.807) is 0 Å². The molecule has 220 valence electrons. The first-order valence-corrected chi connectivity index (χ1v) is 13.8. The Hall–Kier alpha value is -2.87. The van der Waals surface area contributed by atoms with Crippen molar-refractivity contribution < 1.29 is 36.6 Å². The molecule has 2 aliphatic rings. The molecule has 2 aromatic heterocycles. The van der Waals surface area contributed by atoms with Gasteiger partial charge in [0.25, 0.3) is 17.7 Å². The Morgan fingerprint density at radius 1 is 1.23 bits per heavy atom. The summed E-state index contributed by atoms with van der Waals surface area (Å²) >= 11 is 0.526. The minimum absolute atomic E-state index is 0.00218. The van der Waals surface area contributed by atoms with Crippen molar-refractivity contribution in [3.63, 3.8) is 0 Å². The maximum absolute atomic E-state index is 14.3. The lowest BCUT2D eigenvalue weighted by molar-refractivity contribution is -0.137. The first-order valence-electron chi connectivity index (χ1n) is 12.9. The largest absolute Gasteiger partial charge is 0.417 e. The Morgan fingerprint density at radius 3 is 2.40 bits per heavy atom. The number of thiazole rings is 1. The van der Waals surface area contributed by atoms with Crippen molar-refractivity contribution in [1.82, 2.24) is 20.2 Å². The highest BCUT2D eigenvalue weighted by Crippen LogP contribution is 2.43. The normalized spacial score (nSPS) is 20.8. The molecule has 1 aliphatic carbocycles. The molecule has 0 bridgehead atoms. The van der Waals surface area contributed by atoms with Gasteiger partial charge in [-0.2, -0.15) is 13.2 Å². The summed E-state index contributed by atoms with van der Waals surface area (Å²) in [7, 11) is 0. The second kappa shape index (κ2) is 10.5. The fourth-order valence-corrected chi connectivity index (χ4v) is 5.48. The van der Waals surface area contributed by atoms with Gasteiger partial charge in [0.15, 0.2) is 5.01 Å². The summed E-state index contributed by atoms with van der Waals surface area (Å²) in [5.74, 6) is -4.68. The van der Waals surface area contributed by atoms with Gasteiger partial charge in [-0.3, -0.25) is 9.59 Å². The van der Waals surface area contributed by atoms with Gasteiger partial charge in [-0.05, 0) is 59.4 Å². The van der Waals surface area contributed by atoms with Crippen LogP contribution >= 0.6 is 11.3 Å². The van der Waals surface area contributed by atoms with Crippen molar-refractivity contribution in [2.24, 2.45) is 5.92 Å². The maximum atomic E-state index is 14.3. The van der Waals surface area contributed by atoms with Gasteiger partial charge in [0.2, 0.25) is 0 Å². The zero-order valence-corrected chi connectivity index (χ0v) is 23.5. The first-order chi connectivity index (χ1) is 18.4. The van der Waals surface area contributed by atoms with Crippen LogP contribution in [-0.2, 0) is 6.18 Å². The van der Waals surface area contributed by atoms with E-state index in [1.165, 1.54) is 27.7 Å². The van der Waals surface area contributed by atoms with Gasteiger partial charge in [-0.1, -0.05) is 0 Å². The summed E-state index contributed by atoms with van der Waals surface area (Å²) in [4.78, 5) is 35.2. The summed E-state index contributed by atoms with van der Waals surface area (Å²) in [6.45, 7) is 6.77. The summed E-state index contributed by atoms with van der Waals surface area (Å²) in [5.41, 5.74) is -3.48. The number of pyridine rings is 1. The van der Waals surface area contributed by atoms with E-state index in [-0.39, 0.29) is 21.7 Å². The SMILES string of the molecule is C[C@H](Nc1cc(C(F)(F)F)c(-c2sc(C(=O)N[C@H](C)C(C)(C)O)nc2C(=O)N2CC(F)(F)C[C@@H]2C)cn1)C1CC1. The fraction of sp³-hybridized carbons (Fsp3) is 0.615. The van der Waals surface area contributed by atoms with E-state index >= 15 is 0 Å². The Labute approximate surface area is 232 Å². The number of halogens is 5. The van der Waals surface area contributed by atoms with Gasteiger partial charge in [-0.15, -0.1) is 11.3 Å². The summed E-state index contributed by atoms with van der Waals surface area (Å²) in [6.07, 6.45) is -2.58. The molecular formula is C26H32F5N5O3S. The van der Waals surface area contributed by atoms with Crippen LogP contribution in [0.4, 0.5) is 27.8 Å². The summed E-state index contributed by atoms with van der Waals surface area (Å²) in [6, 6.07) is -0.938. The van der Waals surface area contributed by atoms with E-state index in [4.69, 9.17) is 0 Å². The second-order valence-corrected chi connectivity index (χ2v) is 12.3. The number of aliphatic hydroxyl groups is 1. The van der Waals surface area contributed by atoms with Crippen molar-refractivity contribution in [3.8, 4) is 10.4 Å². The zero-order chi connectivity index (χ0) is 29.8. The topological polar surface area (TPSA) is 107 Å². The molecule has 2 aromatic rings.